The number of carbonyl (C=O) groups excluding carboxylic acids is 1. The van der Waals surface area contributed by atoms with Crippen LogP contribution in [-0.2, 0) is 4.79 Å². The van der Waals surface area contributed by atoms with E-state index in [1.165, 1.54) is 32.4 Å². The maximum Gasteiger partial charge on any atom is 0.239 e. The summed E-state index contributed by atoms with van der Waals surface area (Å²) < 4.78 is 0. The van der Waals surface area contributed by atoms with E-state index in [0.29, 0.717) is 23.9 Å². The first-order chi connectivity index (χ1) is 9.13. The first kappa shape index (κ1) is 13.4. The molecule has 4 nitrogen and oxygen atoms in total. The van der Waals surface area contributed by atoms with E-state index < -0.39 is 0 Å². The fraction of sp³-hybridized carbons (Fsp3) is 0.933. The Hall–Kier alpha value is -0.610. The van der Waals surface area contributed by atoms with Gasteiger partial charge in [-0.25, -0.2) is 0 Å². The van der Waals surface area contributed by atoms with Gasteiger partial charge in [0, 0.05) is 31.7 Å². The lowest BCUT2D eigenvalue weighted by atomic mass is 10.1. The number of likely N-dealkylation sites (tertiary alicyclic amines) is 2. The Kier molecular flexibility index (Phi) is 3.81. The number of hydrogen-bond donors (Lipinski definition) is 1. The minimum absolute atomic E-state index is 0.120. The van der Waals surface area contributed by atoms with E-state index >= 15 is 0 Å². The van der Waals surface area contributed by atoms with Crippen molar-refractivity contribution in [2.24, 2.45) is 5.92 Å². The molecule has 2 unspecified atom stereocenters. The van der Waals surface area contributed by atoms with Crippen LogP contribution in [-0.4, -0.2) is 60.0 Å². The average Bonchev–Trinajstić information content (AvgIpc) is 2.96. The Bertz CT molecular complexity index is 340. The lowest BCUT2D eigenvalue weighted by Gasteiger charge is -2.23. The summed E-state index contributed by atoms with van der Waals surface area (Å²) in [6.45, 7) is 8.83. The highest BCUT2D eigenvalue weighted by atomic mass is 16.2. The lowest BCUT2D eigenvalue weighted by molar-refractivity contribution is -0.130. The molecule has 0 radical (unpaired) electrons. The molecule has 4 heteroatoms. The van der Waals surface area contributed by atoms with E-state index in [4.69, 9.17) is 0 Å². The van der Waals surface area contributed by atoms with Gasteiger partial charge in [-0.1, -0.05) is 0 Å². The number of nitrogens with one attached hydrogen (secondary N) is 1. The van der Waals surface area contributed by atoms with Gasteiger partial charge in [-0.05, 0) is 52.0 Å². The summed E-state index contributed by atoms with van der Waals surface area (Å²) in [7, 11) is 0. The fourth-order valence-electron chi connectivity index (χ4n) is 3.40. The Morgan fingerprint density at radius 3 is 2.63 bits per heavy atom. The first-order valence-corrected chi connectivity index (χ1v) is 7.92. The molecule has 0 bridgehead atoms. The van der Waals surface area contributed by atoms with Crippen LogP contribution in [0.4, 0.5) is 0 Å². The van der Waals surface area contributed by atoms with Crippen molar-refractivity contribution >= 4 is 5.91 Å². The number of hydrogen-bond acceptors (Lipinski definition) is 3. The van der Waals surface area contributed by atoms with E-state index in [1.807, 2.05) is 0 Å². The molecule has 2 aliphatic heterocycles. The van der Waals surface area contributed by atoms with Gasteiger partial charge in [-0.3, -0.25) is 4.79 Å². The summed E-state index contributed by atoms with van der Waals surface area (Å²) in [5.74, 6) is 1.04. The molecular formula is C15H27N3O. The van der Waals surface area contributed by atoms with Gasteiger partial charge in [-0.15, -0.1) is 0 Å². The number of amides is 1. The minimum Gasteiger partial charge on any atom is -0.341 e. The highest BCUT2D eigenvalue weighted by molar-refractivity contribution is 5.84. The third-order valence-corrected chi connectivity index (χ3v) is 4.84. The SMILES string of the molecule is CC(C)N1CCC(CN2CCC(NC3CC3)C2=O)C1. The van der Waals surface area contributed by atoms with Crippen molar-refractivity contribution < 1.29 is 4.79 Å². The van der Waals surface area contributed by atoms with Gasteiger partial charge in [-0.2, -0.15) is 0 Å². The summed E-state index contributed by atoms with van der Waals surface area (Å²) in [6, 6.07) is 1.40. The van der Waals surface area contributed by atoms with Gasteiger partial charge in [0.15, 0.2) is 0 Å². The Labute approximate surface area is 116 Å². The molecule has 0 aromatic heterocycles. The molecule has 3 fully saturated rings. The van der Waals surface area contributed by atoms with Crippen LogP contribution in [0.15, 0.2) is 0 Å². The number of rotatable bonds is 5. The van der Waals surface area contributed by atoms with Gasteiger partial charge in [0.05, 0.1) is 6.04 Å². The molecule has 0 spiro atoms. The molecule has 2 heterocycles. The fourth-order valence-corrected chi connectivity index (χ4v) is 3.40. The van der Waals surface area contributed by atoms with Crippen molar-refractivity contribution in [2.75, 3.05) is 26.2 Å². The molecule has 0 aromatic carbocycles. The Balaban J connectivity index is 1.47. The molecule has 2 saturated heterocycles. The largest absolute Gasteiger partial charge is 0.341 e. The second-order valence-electron chi connectivity index (χ2n) is 6.81. The van der Waals surface area contributed by atoms with Crippen molar-refractivity contribution in [3.63, 3.8) is 0 Å². The van der Waals surface area contributed by atoms with Crippen molar-refractivity contribution in [3.05, 3.63) is 0 Å². The van der Waals surface area contributed by atoms with Crippen LogP contribution >= 0.6 is 0 Å². The van der Waals surface area contributed by atoms with E-state index in [2.05, 4.69) is 29.0 Å². The predicted molar refractivity (Wildman–Crippen MR) is 76.0 cm³/mol. The van der Waals surface area contributed by atoms with Crippen LogP contribution in [0.2, 0.25) is 0 Å². The summed E-state index contributed by atoms with van der Waals surface area (Å²) in [5.41, 5.74) is 0. The van der Waals surface area contributed by atoms with Gasteiger partial charge in [0.1, 0.15) is 0 Å². The van der Waals surface area contributed by atoms with Crippen molar-refractivity contribution in [1.29, 1.82) is 0 Å². The molecule has 1 saturated carbocycles. The van der Waals surface area contributed by atoms with E-state index in [1.54, 1.807) is 0 Å². The second kappa shape index (κ2) is 5.41. The molecule has 2 atom stereocenters. The molecule has 1 N–H and O–H groups in total. The van der Waals surface area contributed by atoms with Gasteiger partial charge in [0.2, 0.25) is 5.91 Å². The molecule has 1 aliphatic carbocycles. The average molecular weight is 265 g/mol. The van der Waals surface area contributed by atoms with Crippen molar-refractivity contribution in [3.8, 4) is 0 Å². The number of nitrogens with zero attached hydrogens (tertiary/aromatic N) is 2. The molecule has 0 aromatic rings. The smallest absolute Gasteiger partial charge is 0.239 e. The monoisotopic (exact) mass is 265 g/mol. The van der Waals surface area contributed by atoms with Gasteiger partial charge >= 0.3 is 0 Å². The summed E-state index contributed by atoms with van der Waals surface area (Å²) in [4.78, 5) is 17.0. The normalized spacial score (nSPS) is 32.8. The zero-order chi connectivity index (χ0) is 13.4. The van der Waals surface area contributed by atoms with Crippen LogP contribution in [0.5, 0.6) is 0 Å². The molecule has 108 valence electrons. The van der Waals surface area contributed by atoms with E-state index in [-0.39, 0.29) is 6.04 Å². The molecule has 3 rings (SSSR count). The maximum absolute atomic E-state index is 12.3. The summed E-state index contributed by atoms with van der Waals surface area (Å²) >= 11 is 0. The van der Waals surface area contributed by atoms with E-state index in [9.17, 15) is 4.79 Å². The quantitative estimate of drug-likeness (QED) is 0.808. The first-order valence-electron chi connectivity index (χ1n) is 7.92. The Morgan fingerprint density at radius 1 is 1.21 bits per heavy atom. The van der Waals surface area contributed by atoms with Crippen molar-refractivity contribution in [2.45, 2.75) is 57.7 Å². The molecular weight excluding hydrogens is 238 g/mol. The lowest BCUT2D eigenvalue weighted by Crippen LogP contribution is -2.41. The maximum atomic E-state index is 12.3. The second-order valence-corrected chi connectivity index (χ2v) is 6.81. The van der Waals surface area contributed by atoms with Crippen molar-refractivity contribution in [1.82, 2.24) is 15.1 Å². The van der Waals surface area contributed by atoms with Crippen LogP contribution < -0.4 is 5.32 Å². The third-order valence-electron chi connectivity index (χ3n) is 4.84. The zero-order valence-electron chi connectivity index (χ0n) is 12.3. The van der Waals surface area contributed by atoms with Crippen LogP contribution in [0.25, 0.3) is 0 Å². The van der Waals surface area contributed by atoms with Gasteiger partial charge in [0.25, 0.3) is 0 Å². The zero-order valence-corrected chi connectivity index (χ0v) is 12.3. The molecule has 3 aliphatic rings. The topological polar surface area (TPSA) is 35.6 Å². The predicted octanol–water partition coefficient (Wildman–Crippen LogP) is 1.07. The molecule has 19 heavy (non-hydrogen) atoms. The highest BCUT2D eigenvalue weighted by Gasteiger charge is 2.37. The van der Waals surface area contributed by atoms with Crippen LogP contribution in [0, 0.1) is 5.92 Å². The highest BCUT2D eigenvalue weighted by Crippen LogP contribution is 2.25. The van der Waals surface area contributed by atoms with Crippen LogP contribution in [0.1, 0.15) is 39.5 Å². The van der Waals surface area contributed by atoms with Gasteiger partial charge < -0.3 is 15.1 Å². The summed E-state index contributed by atoms with van der Waals surface area (Å²) in [6.07, 6.45) is 4.78. The summed E-state index contributed by atoms with van der Waals surface area (Å²) in [5, 5.41) is 3.48. The molecule has 1 amide bonds. The minimum atomic E-state index is 0.120. The third kappa shape index (κ3) is 3.11. The van der Waals surface area contributed by atoms with E-state index in [0.717, 1.165) is 19.5 Å². The number of carbonyl (C=O) groups is 1. The van der Waals surface area contributed by atoms with Crippen LogP contribution in [0.3, 0.4) is 0 Å². The standard InChI is InChI=1S/C15H27N3O/c1-11(2)17-7-5-12(9-17)10-18-8-6-14(15(18)19)16-13-3-4-13/h11-14,16H,3-10H2,1-2H3. The Morgan fingerprint density at radius 2 is 2.00 bits per heavy atom.